The third kappa shape index (κ3) is 4.40. The van der Waals surface area contributed by atoms with Crippen molar-refractivity contribution in [3.05, 3.63) is 48.8 Å². The molecule has 2 N–H and O–H groups in total. The number of imidazole rings is 1. The number of rotatable bonds is 7. The van der Waals surface area contributed by atoms with E-state index in [0.717, 1.165) is 30.9 Å². The van der Waals surface area contributed by atoms with Crippen molar-refractivity contribution in [2.24, 2.45) is 0 Å². The molecular formula is C16H20N8O. The molecule has 9 nitrogen and oxygen atoms in total. The van der Waals surface area contributed by atoms with Crippen LogP contribution < -0.4 is 10.6 Å². The zero-order valence-corrected chi connectivity index (χ0v) is 14.0. The van der Waals surface area contributed by atoms with Crippen LogP contribution in [0.3, 0.4) is 0 Å². The lowest BCUT2D eigenvalue weighted by Gasteiger charge is -2.09. The quantitative estimate of drug-likeness (QED) is 0.637. The Bertz CT molecular complexity index is 794. The minimum Gasteiger partial charge on any atom is -0.338 e. The maximum Gasteiger partial charge on any atom is 0.319 e. The summed E-state index contributed by atoms with van der Waals surface area (Å²) < 4.78 is 3.65. The molecular weight excluding hydrogens is 320 g/mol. The molecule has 0 atom stereocenters. The lowest BCUT2D eigenvalue weighted by atomic mass is 10.3. The molecule has 0 unspecified atom stereocenters. The highest BCUT2D eigenvalue weighted by atomic mass is 16.2. The highest BCUT2D eigenvalue weighted by Gasteiger charge is 2.04. The first-order chi connectivity index (χ1) is 12.3. The Morgan fingerprint density at radius 3 is 2.80 bits per heavy atom. The molecule has 25 heavy (non-hydrogen) atoms. The van der Waals surface area contributed by atoms with Gasteiger partial charge < -0.3 is 15.2 Å². The first-order valence-electron chi connectivity index (χ1n) is 8.14. The van der Waals surface area contributed by atoms with Gasteiger partial charge in [-0.25, -0.2) is 14.5 Å². The van der Waals surface area contributed by atoms with Crippen molar-refractivity contribution in [1.29, 1.82) is 0 Å². The van der Waals surface area contributed by atoms with Gasteiger partial charge in [0.15, 0.2) is 0 Å². The molecule has 9 heteroatoms. The predicted octanol–water partition coefficient (Wildman–Crippen LogP) is 1.63. The van der Waals surface area contributed by atoms with E-state index in [-0.39, 0.29) is 6.03 Å². The van der Waals surface area contributed by atoms with E-state index in [1.807, 2.05) is 18.3 Å². The van der Waals surface area contributed by atoms with Crippen LogP contribution in [0.4, 0.5) is 10.5 Å². The fourth-order valence-corrected chi connectivity index (χ4v) is 2.46. The lowest BCUT2D eigenvalue weighted by molar-refractivity contribution is 0.252. The second kappa shape index (κ2) is 8.04. The van der Waals surface area contributed by atoms with Crippen LogP contribution in [-0.2, 0) is 13.0 Å². The largest absolute Gasteiger partial charge is 0.338 e. The molecule has 1 aromatic carbocycles. The van der Waals surface area contributed by atoms with E-state index in [1.54, 1.807) is 23.0 Å². The number of hydrogen-bond donors (Lipinski definition) is 2. The zero-order chi connectivity index (χ0) is 17.5. The van der Waals surface area contributed by atoms with Crippen LogP contribution in [0.15, 0.2) is 43.0 Å². The van der Waals surface area contributed by atoms with Gasteiger partial charge in [-0.3, -0.25) is 0 Å². The summed E-state index contributed by atoms with van der Waals surface area (Å²) in [5, 5.41) is 16.6. The molecule has 0 aliphatic heterocycles. The standard InChI is InChI=1S/C16H20N8O/c1-2-15-17-9-11-23(15)10-3-8-18-16(25)20-13-4-6-14(7-5-13)24-12-19-21-22-24/h4-7,9,11-12H,2-3,8,10H2,1H3,(H2,18,20,25). The van der Waals surface area contributed by atoms with Crippen molar-refractivity contribution < 1.29 is 4.79 Å². The van der Waals surface area contributed by atoms with E-state index >= 15 is 0 Å². The fourth-order valence-electron chi connectivity index (χ4n) is 2.46. The van der Waals surface area contributed by atoms with Crippen LogP contribution >= 0.6 is 0 Å². The number of aromatic nitrogens is 6. The van der Waals surface area contributed by atoms with Gasteiger partial charge in [-0.15, -0.1) is 5.10 Å². The number of benzene rings is 1. The smallest absolute Gasteiger partial charge is 0.319 e. The molecule has 2 heterocycles. The number of amides is 2. The van der Waals surface area contributed by atoms with Crippen molar-refractivity contribution in [3.63, 3.8) is 0 Å². The fraction of sp³-hybridized carbons (Fsp3) is 0.312. The molecule has 0 saturated carbocycles. The van der Waals surface area contributed by atoms with Gasteiger partial charge >= 0.3 is 6.03 Å². The summed E-state index contributed by atoms with van der Waals surface area (Å²) in [6, 6.07) is 7.04. The van der Waals surface area contributed by atoms with Crippen LogP contribution in [0, 0.1) is 0 Å². The summed E-state index contributed by atoms with van der Waals surface area (Å²) in [6.07, 6.45) is 7.03. The maximum absolute atomic E-state index is 11.9. The molecule has 0 radical (unpaired) electrons. The van der Waals surface area contributed by atoms with Crippen LogP contribution in [0.25, 0.3) is 5.69 Å². The number of urea groups is 1. The number of tetrazole rings is 1. The van der Waals surface area contributed by atoms with E-state index in [4.69, 9.17) is 0 Å². The summed E-state index contributed by atoms with van der Waals surface area (Å²) in [5.41, 5.74) is 1.53. The summed E-state index contributed by atoms with van der Waals surface area (Å²) in [5.74, 6) is 1.06. The Morgan fingerprint density at radius 2 is 2.08 bits per heavy atom. The third-order valence-corrected chi connectivity index (χ3v) is 3.72. The third-order valence-electron chi connectivity index (χ3n) is 3.72. The molecule has 2 amide bonds. The van der Waals surface area contributed by atoms with E-state index in [9.17, 15) is 4.79 Å². The number of anilines is 1. The first-order valence-corrected chi connectivity index (χ1v) is 8.14. The molecule has 130 valence electrons. The minimum absolute atomic E-state index is 0.225. The van der Waals surface area contributed by atoms with Crippen molar-refractivity contribution in [3.8, 4) is 5.69 Å². The van der Waals surface area contributed by atoms with Crippen molar-refractivity contribution in [2.75, 3.05) is 11.9 Å². The second-order valence-electron chi connectivity index (χ2n) is 5.43. The highest BCUT2D eigenvalue weighted by molar-refractivity contribution is 5.89. The Morgan fingerprint density at radius 1 is 1.24 bits per heavy atom. The number of carbonyl (C=O) groups is 1. The Labute approximate surface area is 145 Å². The number of hydrogen-bond acceptors (Lipinski definition) is 5. The number of nitrogens with zero attached hydrogens (tertiary/aromatic N) is 6. The average Bonchev–Trinajstić information content (AvgIpc) is 3.31. The van der Waals surface area contributed by atoms with Gasteiger partial charge in [0, 0.05) is 37.6 Å². The van der Waals surface area contributed by atoms with Gasteiger partial charge in [-0.2, -0.15) is 0 Å². The van der Waals surface area contributed by atoms with E-state index in [1.165, 1.54) is 6.33 Å². The van der Waals surface area contributed by atoms with Gasteiger partial charge in [0.05, 0.1) is 5.69 Å². The van der Waals surface area contributed by atoms with Gasteiger partial charge in [-0.1, -0.05) is 6.92 Å². The summed E-state index contributed by atoms with van der Waals surface area (Å²) in [6.45, 7) is 3.51. The number of carbonyl (C=O) groups excluding carboxylic acids is 1. The molecule has 0 spiro atoms. The van der Waals surface area contributed by atoms with Crippen molar-refractivity contribution >= 4 is 11.7 Å². The molecule has 3 aromatic rings. The van der Waals surface area contributed by atoms with Gasteiger partial charge in [0.25, 0.3) is 0 Å². The van der Waals surface area contributed by atoms with Crippen LogP contribution in [0.5, 0.6) is 0 Å². The van der Waals surface area contributed by atoms with Crippen molar-refractivity contribution in [2.45, 2.75) is 26.3 Å². The monoisotopic (exact) mass is 340 g/mol. The van der Waals surface area contributed by atoms with Crippen LogP contribution in [0.1, 0.15) is 19.2 Å². The van der Waals surface area contributed by atoms with Gasteiger partial charge in [0.1, 0.15) is 12.2 Å². The minimum atomic E-state index is -0.225. The topological polar surface area (TPSA) is 103 Å². The lowest BCUT2D eigenvalue weighted by Crippen LogP contribution is -2.30. The van der Waals surface area contributed by atoms with Crippen molar-refractivity contribution in [1.82, 2.24) is 35.1 Å². The number of aryl methyl sites for hydroxylation is 2. The molecule has 0 saturated heterocycles. The molecule has 0 bridgehead atoms. The van der Waals surface area contributed by atoms with Crippen LogP contribution in [-0.4, -0.2) is 42.3 Å². The first kappa shape index (κ1) is 16.6. The second-order valence-corrected chi connectivity index (χ2v) is 5.43. The van der Waals surface area contributed by atoms with Gasteiger partial charge in [0.2, 0.25) is 0 Å². The van der Waals surface area contributed by atoms with E-state index < -0.39 is 0 Å². The Kier molecular flexibility index (Phi) is 5.35. The zero-order valence-electron chi connectivity index (χ0n) is 14.0. The molecule has 3 rings (SSSR count). The SMILES string of the molecule is CCc1nccn1CCCNC(=O)Nc1ccc(-n2cnnn2)cc1. The predicted molar refractivity (Wildman–Crippen MR) is 92.4 cm³/mol. The normalized spacial score (nSPS) is 10.6. The van der Waals surface area contributed by atoms with Gasteiger partial charge in [-0.05, 0) is 41.1 Å². The molecule has 0 fully saturated rings. The van der Waals surface area contributed by atoms with E-state index in [0.29, 0.717) is 12.2 Å². The molecule has 2 aromatic heterocycles. The Balaban J connectivity index is 1.42. The van der Waals surface area contributed by atoms with Crippen LogP contribution in [0.2, 0.25) is 0 Å². The summed E-state index contributed by atoms with van der Waals surface area (Å²) in [7, 11) is 0. The molecule has 0 aliphatic carbocycles. The molecule has 0 aliphatic rings. The highest BCUT2D eigenvalue weighted by Crippen LogP contribution is 2.11. The summed E-state index contributed by atoms with van der Waals surface area (Å²) in [4.78, 5) is 16.2. The number of nitrogens with one attached hydrogen (secondary N) is 2. The summed E-state index contributed by atoms with van der Waals surface area (Å²) >= 11 is 0. The maximum atomic E-state index is 11.9. The Hall–Kier alpha value is -3.23. The van der Waals surface area contributed by atoms with E-state index in [2.05, 4.69) is 42.6 Å². The average molecular weight is 340 g/mol.